The van der Waals surface area contributed by atoms with Gasteiger partial charge in [0.2, 0.25) is 5.91 Å². The lowest BCUT2D eigenvalue weighted by molar-refractivity contribution is -0.117. The van der Waals surface area contributed by atoms with Crippen LogP contribution in [0.5, 0.6) is 0 Å². The summed E-state index contributed by atoms with van der Waals surface area (Å²) in [5, 5.41) is 2.79. The number of carbonyl (C=O) groups is 1. The second-order valence-electron chi connectivity index (χ2n) is 4.44. The number of benzene rings is 1. The van der Waals surface area contributed by atoms with E-state index >= 15 is 0 Å². The zero-order valence-electron chi connectivity index (χ0n) is 9.82. The molecule has 4 nitrogen and oxygen atoms in total. The van der Waals surface area contributed by atoms with Crippen molar-refractivity contribution in [1.29, 1.82) is 0 Å². The molecule has 92 valence electrons. The number of hydrogen-bond acceptors (Lipinski definition) is 3. The van der Waals surface area contributed by atoms with Crippen molar-refractivity contribution in [3.63, 3.8) is 0 Å². The van der Waals surface area contributed by atoms with Crippen LogP contribution in [-0.2, 0) is 9.53 Å². The van der Waals surface area contributed by atoms with Gasteiger partial charge < -0.3 is 15.8 Å². The summed E-state index contributed by atoms with van der Waals surface area (Å²) in [6, 6.07) is 7.16. The standard InChI is InChI=1S/C13H18N2O2/c14-11-2-1-3-12(8-11)15-13(16)6-7-17-9-10-4-5-10/h1-3,8,10H,4-7,9,14H2,(H,15,16). The maximum Gasteiger partial charge on any atom is 0.226 e. The fraction of sp³-hybridized carbons (Fsp3) is 0.462. The number of anilines is 2. The van der Waals surface area contributed by atoms with E-state index in [9.17, 15) is 4.79 Å². The normalized spacial score (nSPS) is 14.6. The van der Waals surface area contributed by atoms with Gasteiger partial charge in [0.15, 0.2) is 0 Å². The fourth-order valence-corrected chi connectivity index (χ4v) is 1.54. The Kier molecular flexibility index (Phi) is 3.98. The molecule has 0 unspecified atom stereocenters. The molecule has 0 aromatic heterocycles. The third-order valence-corrected chi connectivity index (χ3v) is 2.69. The number of ether oxygens (including phenoxy) is 1. The molecule has 1 aromatic carbocycles. The molecule has 1 saturated carbocycles. The van der Waals surface area contributed by atoms with Crippen molar-refractivity contribution in [2.45, 2.75) is 19.3 Å². The predicted octanol–water partition coefficient (Wildman–Crippen LogP) is 2.02. The van der Waals surface area contributed by atoms with E-state index in [4.69, 9.17) is 10.5 Å². The highest BCUT2D eigenvalue weighted by atomic mass is 16.5. The minimum absolute atomic E-state index is 0.0357. The monoisotopic (exact) mass is 234 g/mol. The number of carbonyl (C=O) groups excluding carboxylic acids is 1. The number of nitrogens with one attached hydrogen (secondary N) is 1. The van der Waals surface area contributed by atoms with Gasteiger partial charge in [-0.3, -0.25) is 4.79 Å². The van der Waals surface area contributed by atoms with Crippen molar-refractivity contribution in [2.24, 2.45) is 5.92 Å². The van der Waals surface area contributed by atoms with E-state index in [1.165, 1.54) is 12.8 Å². The van der Waals surface area contributed by atoms with Crippen LogP contribution < -0.4 is 11.1 Å². The first-order chi connectivity index (χ1) is 8.24. The lowest BCUT2D eigenvalue weighted by Crippen LogP contribution is -2.14. The largest absolute Gasteiger partial charge is 0.399 e. The molecule has 0 radical (unpaired) electrons. The summed E-state index contributed by atoms with van der Waals surface area (Å²) in [7, 11) is 0. The van der Waals surface area contributed by atoms with E-state index in [0.29, 0.717) is 18.7 Å². The molecule has 3 N–H and O–H groups in total. The third-order valence-electron chi connectivity index (χ3n) is 2.69. The SMILES string of the molecule is Nc1cccc(NC(=O)CCOCC2CC2)c1. The van der Waals surface area contributed by atoms with Crippen LogP contribution in [0.2, 0.25) is 0 Å². The molecule has 0 atom stereocenters. The number of hydrogen-bond donors (Lipinski definition) is 2. The van der Waals surface area contributed by atoms with E-state index in [1.807, 2.05) is 12.1 Å². The molecule has 0 saturated heterocycles. The minimum atomic E-state index is -0.0357. The molecule has 0 bridgehead atoms. The quantitative estimate of drug-likeness (QED) is 0.584. The van der Waals surface area contributed by atoms with Gasteiger partial charge in [0, 0.05) is 18.0 Å². The van der Waals surface area contributed by atoms with Crippen molar-refractivity contribution in [3.05, 3.63) is 24.3 Å². The average Bonchev–Trinajstić information content (AvgIpc) is 3.08. The summed E-state index contributed by atoms with van der Waals surface area (Å²) >= 11 is 0. The van der Waals surface area contributed by atoms with Gasteiger partial charge in [-0.2, -0.15) is 0 Å². The Bertz CT molecular complexity index is 389. The van der Waals surface area contributed by atoms with Crippen LogP contribution in [0, 0.1) is 5.92 Å². The molecule has 1 fully saturated rings. The lowest BCUT2D eigenvalue weighted by Gasteiger charge is -2.06. The predicted molar refractivity (Wildman–Crippen MR) is 67.6 cm³/mol. The smallest absolute Gasteiger partial charge is 0.226 e. The number of nitrogens with two attached hydrogens (primary N) is 1. The van der Waals surface area contributed by atoms with Crippen LogP contribution >= 0.6 is 0 Å². The van der Waals surface area contributed by atoms with Gasteiger partial charge in [-0.05, 0) is 37.0 Å². The highest BCUT2D eigenvalue weighted by Crippen LogP contribution is 2.28. The summed E-state index contributed by atoms with van der Waals surface area (Å²) in [4.78, 5) is 11.6. The van der Waals surface area contributed by atoms with Gasteiger partial charge in [0.1, 0.15) is 0 Å². The topological polar surface area (TPSA) is 64.3 Å². The first-order valence-electron chi connectivity index (χ1n) is 5.97. The Morgan fingerprint density at radius 3 is 3.00 bits per heavy atom. The fourth-order valence-electron chi connectivity index (χ4n) is 1.54. The Morgan fingerprint density at radius 2 is 2.29 bits per heavy atom. The van der Waals surface area contributed by atoms with Gasteiger partial charge in [-0.25, -0.2) is 0 Å². The van der Waals surface area contributed by atoms with Crippen LogP contribution in [-0.4, -0.2) is 19.1 Å². The van der Waals surface area contributed by atoms with Gasteiger partial charge in [0.25, 0.3) is 0 Å². The van der Waals surface area contributed by atoms with Crippen molar-refractivity contribution < 1.29 is 9.53 Å². The number of amides is 1. The van der Waals surface area contributed by atoms with Gasteiger partial charge >= 0.3 is 0 Å². The zero-order valence-corrected chi connectivity index (χ0v) is 9.82. The van der Waals surface area contributed by atoms with E-state index in [2.05, 4.69) is 5.32 Å². The van der Waals surface area contributed by atoms with Crippen LogP contribution in [0.25, 0.3) is 0 Å². The maximum absolute atomic E-state index is 11.6. The van der Waals surface area contributed by atoms with Crippen LogP contribution in [0.15, 0.2) is 24.3 Å². The van der Waals surface area contributed by atoms with E-state index < -0.39 is 0 Å². The molecule has 1 amide bonds. The molecular weight excluding hydrogens is 216 g/mol. The van der Waals surface area contributed by atoms with Crippen molar-refractivity contribution in [2.75, 3.05) is 24.3 Å². The first-order valence-corrected chi connectivity index (χ1v) is 5.97. The highest BCUT2D eigenvalue weighted by molar-refractivity contribution is 5.91. The Hall–Kier alpha value is -1.55. The molecule has 2 rings (SSSR count). The molecule has 1 aromatic rings. The van der Waals surface area contributed by atoms with Gasteiger partial charge in [-0.15, -0.1) is 0 Å². The van der Waals surface area contributed by atoms with Crippen LogP contribution in [0.4, 0.5) is 11.4 Å². The van der Waals surface area contributed by atoms with Gasteiger partial charge in [0.05, 0.1) is 13.0 Å². The molecule has 0 aliphatic heterocycles. The second kappa shape index (κ2) is 5.68. The summed E-state index contributed by atoms with van der Waals surface area (Å²) in [6.45, 7) is 1.29. The Balaban J connectivity index is 1.65. The zero-order chi connectivity index (χ0) is 12.1. The van der Waals surface area contributed by atoms with Crippen LogP contribution in [0.3, 0.4) is 0 Å². The maximum atomic E-state index is 11.6. The average molecular weight is 234 g/mol. The van der Waals surface area contributed by atoms with Crippen LogP contribution in [0.1, 0.15) is 19.3 Å². The molecule has 0 spiro atoms. The summed E-state index contributed by atoms with van der Waals surface area (Å²) in [5.74, 6) is 0.707. The minimum Gasteiger partial charge on any atom is -0.399 e. The first kappa shape index (κ1) is 11.9. The van der Waals surface area contributed by atoms with Gasteiger partial charge in [-0.1, -0.05) is 6.07 Å². The molecule has 1 aliphatic rings. The van der Waals surface area contributed by atoms with Crippen molar-refractivity contribution in [1.82, 2.24) is 0 Å². The molecular formula is C13H18N2O2. The Morgan fingerprint density at radius 1 is 1.47 bits per heavy atom. The van der Waals surface area contributed by atoms with E-state index in [1.54, 1.807) is 12.1 Å². The van der Waals surface area contributed by atoms with E-state index in [0.717, 1.165) is 18.2 Å². The van der Waals surface area contributed by atoms with E-state index in [-0.39, 0.29) is 5.91 Å². The molecule has 4 heteroatoms. The molecule has 0 heterocycles. The molecule has 1 aliphatic carbocycles. The van der Waals surface area contributed by atoms with Crippen molar-refractivity contribution in [3.8, 4) is 0 Å². The molecule has 17 heavy (non-hydrogen) atoms. The summed E-state index contributed by atoms with van der Waals surface area (Å²) in [5.41, 5.74) is 7.00. The lowest BCUT2D eigenvalue weighted by atomic mass is 10.3. The summed E-state index contributed by atoms with van der Waals surface area (Å²) < 4.78 is 5.40. The second-order valence-corrected chi connectivity index (χ2v) is 4.44. The van der Waals surface area contributed by atoms with Crippen molar-refractivity contribution >= 4 is 17.3 Å². The number of rotatable bonds is 6. The Labute approximate surface area is 101 Å². The number of nitrogen functional groups attached to an aromatic ring is 1. The third kappa shape index (κ3) is 4.44. The highest BCUT2D eigenvalue weighted by Gasteiger charge is 2.21. The summed E-state index contributed by atoms with van der Waals surface area (Å²) in [6.07, 6.45) is 2.94.